The van der Waals surface area contributed by atoms with Crippen molar-refractivity contribution in [2.75, 3.05) is 24.4 Å². The first-order valence-electron chi connectivity index (χ1n) is 10.3. The van der Waals surface area contributed by atoms with E-state index in [2.05, 4.69) is 11.9 Å². The Kier molecular flexibility index (Phi) is 7.38. The highest BCUT2D eigenvalue weighted by atomic mass is 32.2. The van der Waals surface area contributed by atoms with E-state index in [0.29, 0.717) is 0 Å². The third-order valence-electron chi connectivity index (χ3n) is 5.43. The van der Waals surface area contributed by atoms with E-state index in [1.54, 1.807) is 6.92 Å². The number of hydrogen-bond donors (Lipinski definition) is 1. The van der Waals surface area contributed by atoms with Gasteiger partial charge in [0.1, 0.15) is 6.61 Å². The van der Waals surface area contributed by atoms with Crippen LogP contribution in [0.5, 0.6) is 0 Å². The lowest BCUT2D eigenvalue weighted by Crippen LogP contribution is -2.44. The molecule has 0 aliphatic carbocycles. The lowest BCUT2D eigenvalue weighted by Gasteiger charge is -2.37. The van der Waals surface area contributed by atoms with Crippen LogP contribution in [0.15, 0.2) is 71.3 Å². The number of hydrogen-bond acceptors (Lipinski definition) is 7. The van der Waals surface area contributed by atoms with Crippen LogP contribution >= 0.6 is 0 Å². The molecule has 1 aliphatic heterocycles. The summed E-state index contributed by atoms with van der Waals surface area (Å²) in [5.74, 6) is -0.791. The van der Waals surface area contributed by atoms with Crippen LogP contribution in [0.2, 0.25) is 0 Å². The number of anilines is 1. The molecule has 0 radical (unpaired) electrons. The molecule has 2 aromatic rings. The fourth-order valence-electron chi connectivity index (χ4n) is 3.80. The standard InChI is InChI=1S/C24H22F3N3O4S/c1-4-10-34-23(31)21-15(2)30(18-7-5-6-17(12-18)24(25,26)27)14-29-22(21)19-9-8-16(13-28)11-20(19)35(3,32)33/h4-9,11-12,22,29H,1,10,14H2,2-3H3/t22-/m1/s1. The monoisotopic (exact) mass is 505 g/mol. The number of ether oxygens (including phenoxy) is 1. The number of rotatable bonds is 6. The molecule has 35 heavy (non-hydrogen) atoms. The van der Waals surface area contributed by atoms with Crippen molar-refractivity contribution in [2.45, 2.75) is 24.0 Å². The van der Waals surface area contributed by atoms with Crippen molar-refractivity contribution in [3.05, 3.63) is 83.1 Å². The van der Waals surface area contributed by atoms with Crippen molar-refractivity contribution < 1.29 is 31.1 Å². The minimum Gasteiger partial charge on any atom is -0.458 e. The summed E-state index contributed by atoms with van der Waals surface area (Å²) in [6.45, 7) is 4.89. The molecule has 3 rings (SSSR count). The molecule has 1 atom stereocenters. The Balaban J connectivity index is 2.19. The molecule has 11 heteroatoms. The molecular weight excluding hydrogens is 483 g/mol. The molecule has 0 amide bonds. The molecule has 0 aromatic heterocycles. The van der Waals surface area contributed by atoms with Gasteiger partial charge in [-0.05, 0) is 42.8 Å². The number of sulfone groups is 1. The van der Waals surface area contributed by atoms with Gasteiger partial charge in [0.15, 0.2) is 9.84 Å². The van der Waals surface area contributed by atoms with Gasteiger partial charge in [-0.15, -0.1) is 0 Å². The number of halogens is 3. The summed E-state index contributed by atoms with van der Waals surface area (Å²) >= 11 is 0. The Morgan fingerprint density at radius 1 is 1.31 bits per heavy atom. The number of nitrogens with one attached hydrogen (secondary N) is 1. The topological polar surface area (TPSA) is 99.5 Å². The van der Waals surface area contributed by atoms with E-state index in [-0.39, 0.29) is 46.3 Å². The third kappa shape index (κ3) is 5.55. The van der Waals surface area contributed by atoms with E-state index in [0.717, 1.165) is 18.4 Å². The lowest BCUT2D eigenvalue weighted by molar-refractivity contribution is -0.139. The van der Waals surface area contributed by atoms with Crippen molar-refractivity contribution in [3.63, 3.8) is 0 Å². The lowest BCUT2D eigenvalue weighted by atomic mass is 9.94. The van der Waals surface area contributed by atoms with E-state index >= 15 is 0 Å². The van der Waals surface area contributed by atoms with Crippen molar-refractivity contribution in [1.82, 2.24) is 5.32 Å². The van der Waals surface area contributed by atoms with E-state index in [1.165, 1.54) is 41.3 Å². The Labute approximate surface area is 201 Å². The van der Waals surface area contributed by atoms with Crippen molar-refractivity contribution in [2.24, 2.45) is 0 Å². The number of allylic oxidation sites excluding steroid dienone is 1. The van der Waals surface area contributed by atoms with Crippen LogP contribution < -0.4 is 10.2 Å². The molecule has 0 bridgehead atoms. The minimum absolute atomic E-state index is 0.0186. The number of carbonyl (C=O) groups excluding carboxylic acids is 1. The highest BCUT2D eigenvalue weighted by molar-refractivity contribution is 7.90. The van der Waals surface area contributed by atoms with Crippen LogP contribution in [0.3, 0.4) is 0 Å². The van der Waals surface area contributed by atoms with E-state index in [4.69, 9.17) is 4.74 Å². The largest absolute Gasteiger partial charge is 0.458 e. The summed E-state index contributed by atoms with van der Waals surface area (Å²) in [6.07, 6.45) is -2.22. The first kappa shape index (κ1) is 26.0. The molecule has 0 fully saturated rings. The van der Waals surface area contributed by atoms with Gasteiger partial charge in [-0.1, -0.05) is 24.8 Å². The van der Waals surface area contributed by atoms with Gasteiger partial charge in [-0.3, -0.25) is 5.32 Å². The molecule has 1 N–H and O–H groups in total. The van der Waals surface area contributed by atoms with Crippen LogP contribution in [-0.2, 0) is 25.5 Å². The summed E-state index contributed by atoms with van der Waals surface area (Å²) in [6, 6.07) is 9.62. The Hall–Kier alpha value is -3.62. The van der Waals surface area contributed by atoms with Crippen molar-refractivity contribution in [1.29, 1.82) is 5.26 Å². The summed E-state index contributed by atoms with van der Waals surface area (Å²) in [5, 5.41) is 12.3. The summed E-state index contributed by atoms with van der Waals surface area (Å²) in [7, 11) is -3.81. The number of esters is 1. The third-order valence-corrected chi connectivity index (χ3v) is 6.58. The van der Waals surface area contributed by atoms with Crippen LogP contribution in [0, 0.1) is 11.3 Å². The van der Waals surface area contributed by atoms with E-state index < -0.39 is 33.6 Å². The predicted molar refractivity (Wildman–Crippen MR) is 123 cm³/mol. The quantitative estimate of drug-likeness (QED) is 0.466. The van der Waals surface area contributed by atoms with E-state index in [1.807, 2.05) is 6.07 Å². The Morgan fingerprint density at radius 3 is 2.63 bits per heavy atom. The van der Waals surface area contributed by atoms with Gasteiger partial charge >= 0.3 is 12.1 Å². The molecular formula is C24H22F3N3O4S. The molecule has 0 saturated heterocycles. The maximum absolute atomic E-state index is 13.3. The maximum atomic E-state index is 13.3. The highest BCUT2D eigenvalue weighted by Gasteiger charge is 2.36. The van der Waals surface area contributed by atoms with Crippen LogP contribution in [0.25, 0.3) is 0 Å². The van der Waals surface area contributed by atoms with Crippen molar-refractivity contribution in [3.8, 4) is 6.07 Å². The van der Waals surface area contributed by atoms with Crippen LogP contribution in [0.1, 0.15) is 29.7 Å². The number of nitriles is 1. The predicted octanol–water partition coefficient (Wildman–Crippen LogP) is 4.09. The average Bonchev–Trinajstić information content (AvgIpc) is 2.80. The second-order valence-electron chi connectivity index (χ2n) is 7.79. The molecule has 7 nitrogen and oxygen atoms in total. The number of nitrogens with zero attached hydrogens (tertiary/aromatic N) is 2. The normalized spacial score (nSPS) is 16.6. The molecule has 2 aromatic carbocycles. The molecule has 0 spiro atoms. The molecule has 184 valence electrons. The summed E-state index contributed by atoms with van der Waals surface area (Å²) < 4.78 is 70.1. The number of alkyl halides is 3. The maximum Gasteiger partial charge on any atom is 0.416 e. The number of benzene rings is 2. The Morgan fingerprint density at radius 2 is 2.03 bits per heavy atom. The fraction of sp³-hybridized carbons (Fsp3) is 0.250. The van der Waals surface area contributed by atoms with E-state index in [9.17, 15) is 31.6 Å². The summed E-state index contributed by atoms with van der Waals surface area (Å²) in [4.78, 5) is 14.4. The van der Waals surface area contributed by atoms with Gasteiger partial charge in [0.05, 0.1) is 40.4 Å². The molecule has 1 heterocycles. The van der Waals surface area contributed by atoms with Gasteiger partial charge in [0.25, 0.3) is 0 Å². The highest BCUT2D eigenvalue weighted by Crippen LogP contribution is 2.38. The molecule has 0 saturated carbocycles. The second kappa shape index (κ2) is 9.93. The first-order chi connectivity index (χ1) is 16.4. The molecule has 1 aliphatic rings. The zero-order valence-corrected chi connectivity index (χ0v) is 19.7. The minimum atomic E-state index is -4.56. The average molecular weight is 506 g/mol. The van der Waals surface area contributed by atoms with Gasteiger partial charge < -0.3 is 9.64 Å². The molecule has 0 unspecified atom stereocenters. The van der Waals surface area contributed by atoms with Gasteiger partial charge in [0, 0.05) is 17.6 Å². The Bertz CT molecular complexity index is 1340. The van der Waals surface area contributed by atoms with Crippen LogP contribution in [0.4, 0.5) is 18.9 Å². The van der Waals surface area contributed by atoms with Gasteiger partial charge in [-0.2, -0.15) is 18.4 Å². The second-order valence-corrected chi connectivity index (χ2v) is 9.78. The smallest absolute Gasteiger partial charge is 0.416 e. The van der Waals surface area contributed by atoms with Gasteiger partial charge in [-0.25, -0.2) is 13.2 Å². The van der Waals surface area contributed by atoms with Crippen LogP contribution in [-0.4, -0.2) is 33.9 Å². The van der Waals surface area contributed by atoms with Crippen molar-refractivity contribution >= 4 is 21.5 Å². The zero-order valence-electron chi connectivity index (χ0n) is 18.9. The number of carbonyl (C=O) groups is 1. The zero-order chi connectivity index (χ0) is 26.0. The summed E-state index contributed by atoms with van der Waals surface area (Å²) in [5.41, 5.74) is -0.0455. The van der Waals surface area contributed by atoms with Gasteiger partial charge in [0.2, 0.25) is 0 Å². The fourth-order valence-corrected chi connectivity index (χ4v) is 4.75. The SMILES string of the molecule is C=CCOC(=O)C1=C(C)N(c2cccc(C(F)(F)F)c2)CN[C@@H]1c1ccc(C#N)cc1S(C)(=O)=O. The first-order valence-corrected chi connectivity index (χ1v) is 12.2.